The predicted molar refractivity (Wildman–Crippen MR) is 97.6 cm³/mol. The first kappa shape index (κ1) is 14.0. The molecule has 4 rings (SSSR count). The van der Waals surface area contributed by atoms with Crippen molar-refractivity contribution in [2.45, 2.75) is 12.8 Å². The molecule has 0 radical (unpaired) electrons. The third-order valence-electron chi connectivity index (χ3n) is 4.57. The van der Waals surface area contributed by atoms with Gasteiger partial charge in [0.1, 0.15) is 0 Å². The summed E-state index contributed by atoms with van der Waals surface area (Å²) in [6.07, 6.45) is 6.76. The molecule has 0 spiro atoms. The van der Waals surface area contributed by atoms with Gasteiger partial charge in [-0.15, -0.1) is 0 Å². The Morgan fingerprint density at radius 1 is 0.727 bits per heavy atom. The number of nitrogens with zero attached hydrogens (tertiary/aromatic N) is 1. The number of hydrogen-bond donors (Lipinski definition) is 0. The number of piperidine rings is 1. The number of hydrogen-bond acceptors (Lipinski definition) is 1. The molecule has 1 aliphatic carbocycles. The molecule has 0 amide bonds. The molecule has 1 fully saturated rings. The minimum Gasteiger partial charge on any atom is -0.242 e. The van der Waals surface area contributed by atoms with E-state index in [0.29, 0.717) is 0 Å². The second-order valence-electron chi connectivity index (χ2n) is 5.90. The first-order valence-corrected chi connectivity index (χ1v) is 8.53. The molecule has 110 valence electrons. The highest BCUT2D eigenvalue weighted by Gasteiger charge is 2.21. The Labute approximate surface area is 140 Å². The SMILES string of the molecule is BrN1CCC(=C2c3ccccc3C=Cc3ccccc32)CC1. The minimum atomic E-state index is 1.08. The van der Waals surface area contributed by atoms with Crippen molar-refractivity contribution in [3.8, 4) is 0 Å². The van der Waals surface area contributed by atoms with Crippen molar-refractivity contribution in [1.82, 2.24) is 3.93 Å². The van der Waals surface area contributed by atoms with Gasteiger partial charge in [-0.1, -0.05) is 66.3 Å². The first-order chi connectivity index (χ1) is 10.8. The first-order valence-electron chi connectivity index (χ1n) is 7.82. The van der Waals surface area contributed by atoms with Gasteiger partial charge in [0.05, 0.1) is 0 Å². The lowest BCUT2D eigenvalue weighted by Gasteiger charge is -2.26. The van der Waals surface area contributed by atoms with E-state index in [2.05, 4.69) is 80.8 Å². The van der Waals surface area contributed by atoms with Gasteiger partial charge in [0.15, 0.2) is 0 Å². The van der Waals surface area contributed by atoms with E-state index in [9.17, 15) is 0 Å². The second-order valence-corrected chi connectivity index (χ2v) is 6.90. The molecule has 0 aromatic heterocycles. The molecule has 1 aliphatic heterocycles. The van der Waals surface area contributed by atoms with Crippen LogP contribution in [-0.2, 0) is 0 Å². The zero-order chi connectivity index (χ0) is 14.9. The monoisotopic (exact) mass is 351 g/mol. The van der Waals surface area contributed by atoms with Crippen LogP contribution in [0.15, 0.2) is 54.1 Å². The van der Waals surface area contributed by atoms with E-state index in [-0.39, 0.29) is 0 Å². The van der Waals surface area contributed by atoms with Crippen molar-refractivity contribution in [3.05, 3.63) is 76.4 Å². The maximum absolute atomic E-state index is 3.62. The Morgan fingerprint density at radius 3 is 1.77 bits per heavy atom. The van der Waals surface area contributed by atoms with Gasteiger partial charge in [-0.25, -0.2) is 3.93 Å². The lowest BCUT2D eigenvalue weighted by Crippen LogP contribution is -2.22. The van der Waals surface area contributed by atoms with Crippen LogP contribution in [0.4, 0.5) is 0 Å². The zero-order valence-electron chi connectivity index (χ0n) is 12.4. The van der Waals surface area contributed by atoms with E-state index in [4.69, 9.17) is 0 Å². The molecule has 0 atom stereocenters. The third kappa shape index (κ3) is 2.47. The van der Waals surface area contributed by atoms with Crippen molar-refractivity contribution in [1.29, 1.82) is 0 Å². The fourth-order valence-corrected chi connectivity index (χ4v) is 3.80. The van der Waals surface area contributed by atoms with E-state index in [1.807, 2.05) is 0 Å². The van der Waals surface area contributed by atoms with Crippen LogP contribution in [0.5, 0.6) is 0 Å². The van der Waals surface area contributed by atoms with Crippen molar-refractivity contribution >= 4 is 33.9 Å². The molecule has 2 aromatic rings. The van der Waals surface area contributed by atoms with Crippen LogP contribution < -0.4 is 0 Å². The summed E-state index contributed by atoms with van der Waals surface area (Å²) in [5, 5.41) is 0. The van der Waals surface area contributed by atoms with Gasteiger partial charge in [-0.3, -0.25) is 0 Å². The topological polar surface area (TPSA) is 3.24 Å². The van der Waals surface area contributed by atoms with Crippen LogP contribution in [0.3, 0.4) is 0 Å². The smallest absolute Gasteiger partial charge is 0.0130 e. The van der Waals surface area contributed by atoms with E-state index in [1.165, 1.54) is 27.8 Å². The Hall–Kier alpha value is -1.64. The predicted octanol–water partition coefficient (Wildman–Crippen LogP) is 5.38. The second kappa shape index (κ2) is 5.86. The summed E-state index contributed by atoms with van der Waals surface area (Å²) in [7, 11) is 0. The van der Waals surface area contributed by atoms with E-state index < -0.39 is 0 Å². The third-order valence-corrected chi connectivity index (χ3v) is 5.28. The molecule has 0 unspecified atom stereocenters. The van der Waals surface area contributed by atoms with Gasteiger partial charge in [-0.05, 0) is 40.7 Å². The van der Waals surface area contributed by atoms with Gasteiger partial charge < -0.3 is 0 Å². The lowest BCUT2D eigenvalue weighted by atomic mass is 9.86. The minimum absolute atomic E-state index is 1.08. The van der Waals surface area contributed by atoms with Gasteiger partial charge in [-0.2, -0.15) is 0 Å². The summed E-state index contributed by atoms with van der Waals surface area (Å²) in [5.74, 6) is 0. The molecule has 1 saturated heterocycles. The van der Waals surface area contributed by atoms with Gasteiger partial charge >= 0.3 is 0 Å². The lowest BCUT2D eigenvalue weighted by molar-refractivity contribution is 0.450. The molecule has 2 heteroatoms. The quantitative estimate of drug-likeness (QED) is 0.491. The van der Waals surface area contributed by atoms with Crippen molar-refractivity contribution < 1.29 is 0 Å². The number of rotatable bonds is 0. The van der Waals surface area contributed by atoms with Crippen LogP contribution in [0.2, 0.25) is 0 Å². The average Bonchev–Trinajstić information content (AvgIpc) is 2.73. The molecule has 2 aliphatic rings. The largest absolute Gasteiger partial charge is 0.242 e. The molecule has 1 nitrogen and oxygen atoms in total. The highest BCUT2D eigenvalue weighted by molar-refractivity contribution is 9.07. The maximum Gasteiger partial charge on any atom is 0.0130 e. The van der Waals surface area contributed by atoms with E-state index >= 15 is 0 Å². The van der Waals surface area contributed by atoms with Gasteiger partial charge in [0.25, 0.3) is 0 Å². The highest BCUT2D eigenvalue weighted by atomic mass is 79.9. The highest BCUT2D eigenvalue weighted by Crippen LogP contribution is 2.38. The van der Waals surface area contributed by atoms with Gasteiger partial charge in [0, 0.05) is 29.2 Å². The van der Waals surface area contributed by atoms with E-state index in [1.54, 1.807) is 5.57 Å². The zero-order valence-corrected chi connectivity index (χ0v) is 14.0. The summed E-state index contributed by atoms with van der Waals surface area (Å²) in [6.45, 7) is 2.16. The molecule has 0 saturated carbocycles. The molecule has 1 heterocycles. The van der Waals surface area contributed by atoms with Crippen LogP contribution >= 0.6 is 16.1 Å². The van der Waals surface area contributed by atoms with Crippen LogP contribution in [0, 0.1) is 0 Å². The maximum atomic E-state index is 3.62. The van der Waals surface area contributed by atoms with E-state index in [0.717, 1.165) is 25.9 Å². The summed E-state index contributed by atoms with van der Waals surface area (Å²) < 4.78 is 2.24. The van der Waals surface area contributed by atoms with Crippen molar-refractivity contribution in [2.24, 2.45) is 0 Å². The Balaban J connectivity index is 1.96. The average molecular weight is 352 g/mol. The fourth-order valence-electron chi connectivity index (χ4n) is 3.44. The standard InChI is InChI=1S/C20H18BrN/c21-22-13-11-17(12-14-22)20-18-7-3-1-5-15(18)9-10-16-6-2-4-8-19(16)20/h1-10H,11-14H2. The van der Waals surface area contributed by atoms with Gasteiger partial charge in [0.2, 0.25) is 0 Å². The van der Waals surface area contributed by atoms with Crippen LogP contribution in [0.1, 0.15) is 35.1 Å². The fraction of sp³-hybridized carbons (Fsp3) is 0.200. The molecular formula is C20H18BrN. The summed E-state index contributed by atoms with van der Waals surface area (Å²) >= 11 is 3.62. The molecular weight excluding hydrogens is 334 g/mol. The number of halogens is 1. The summed E-state index contributed by atoms with van der Waals surface area (Å²) in [5.41, 5.74) is 8.43. The van der Waals surface area contributed by atoms with Crippen LogP contribution in [-0.4, -0.2) is 17.0 Å². The molecule has 0 bridgehead atoms. The Morgan fingerprint density at radius 2 is 1.23 bits per heavy atom. The Kier molecular flexibility index (Phi) is 3.73. The molecule has 2 aromatic carbocycles. The number of benzene rings is 2. The molecule has 22 heavy (non-hydrogen) atoms. The summed E-state index contributed by atoms with van der Waals surface area (Å²) in [6, 6.07) is 17.5. The van der Waals surface area contributed by atoms with Crippen LogP contribution in [0.25, 0.3) is 17.7 Å². The van der Waals surface area contributed by atoms with Crippen molar-refractivity contribution in [3.63, 3.8) is 0 Å². The Bertz CT molecular complexity index is 711. The van der Waals surface area contributed by atoms with Crippen molar-refractivity contribution in [2.75, 3.05) is 13.1 Å². The normalized spacial score (nSPS) is 17.9. The summed E-state index contributed by atoms with van der Waals surface area (Å²) in [4.78, 5) is 0. The molecule has 0 N–H and O–H groups in total. The number of fused-ring (bicyclic) bond motifs is 2.